The fraction of sp³-hybridized carbons (Fsp3) is 0.250. The van der Waals surface area contributed by atoms with Crippen LogP contribution in [0.15, 0.2) is 48.5 Å². The van der Waals surface area contributed by atoms with Crippen molar-refractivity contribution in [2.75, 3.05) is 25.5 Å². The monoisotopic (exact) mass is 466 g/mol. The van der Waals surface area contributed by atoms with Crippen molar-refractivity contribution in [2.45, 2.75) is 20.3 Å². The summed E-state index contributed by atoms with van der Waals surface area (Å²) < 4.78 is 5.19. The number of methoxy groups -OCH3 is 1. The van der Waals surface area contributed by atoms with E-state index in [0.717, 1.165) is 16.3 Å². The smallest absolute Gasteiger partial charge is 0.265 e. The number of nitrogens with one attached hydrogen (secondary N) is 1. The lowest BCUT2D eigenvalue weighted by Gasteiger charge is -2.20. The molecule has 0 fully saturated rings. The standard InChI is InChI=1S/C24H26N4O4S/c1-4-28(14-13-20(29)27-18-9-5-16(6-10-18)22(25)30)24(31)21-15(2)26-23(33-21)17-7-11-19(32-3)12-8-17/h5-12H,4,13-14H2,1-3H3,(H2,25,30)(H,27,29). The zero-order chi connectivity index (χ0) is 24.0. The Morgan fingerprint density at radius 3 is 2.33 bits per heavy atom. The number of carbonyl (C=O) groups excluding carboxylic acids is 3. The Bertz CT molecular complexity index is 1140. The molecule has 2 aromatic carbocycles. The highest BCUT2D eigenvalue weighted by Gasteiger charge is 2.22. The number of hydrogen-bond acceptors (Lipinski definition) is 6. The van der Waals surface area contributed by atoms with Crippen LogP contribution in [0.2, 0.25) is 0 Å². The number of ether oxygens (including phenoxy) is 1. The van der Waals surface area contributed by atoms with Crippen LogP contribution < -0.4 is 15.8 Å². The van der Waals surface area contributed by atoms with Crippen LogP contribution >= 0.6 is 11.3 Å². The van der Waals surface area contributed by atoms with E-state index in [-0.39, 0.29) is 24.8 Å². The summed E-state index contributed by atoms with van der Waals surface area (Å²) in [6, 6.07) is 13.8. The molecule has 3 aromatic rings. The van der Waals surface area contributed by atoms with Crippen molar-refractivity contribution in [3.63, 3.8) is 0 Å². The lowest BCUT2D eigenvalue weighted by atomic mass is 10.2. The predicted octanol–water partition coefficient (Wildman–Crippen LogP) is 3.72. The van der Waals surface area contributed by atoms with E-state index in [1.54, 1.807) is 36.3 Å². The van der Waals surface area contributed by atoms with Crippen molar-refractivity contribution in [2.24, 2.45) is 5.73 Å². The number of nitrogens with two attached hydrogens (primary N) is 1. The van der Waals surface area contributed by atoms with Crippen molar-refractivity contribution >= 4 is 34.7 Å². The van der Waals surface area contributed by atoms with Crippen LogP contribution in [-0.4, -0.2) is 47.8 Å². The fourth-order valence-electron chi connectivity index (χ4n) is 3.18. The molecule has 0 aliphatic heterocycles. The van der Waals surface area contributed by atoms with Gasteiger partial charge in [-0.3, -0.25) is 14.4 Å². The van der Waals surface area contributed by atoms with Crippen molar-refractivity contribution in [3.05, 3.63) is 64.7 Å². The van der Waals surface area contributed by atoms with Crippen LogP contribution in [0.1, 0.15) is 39.1 Å². The van der Waals surface area contributed by atoms with Crippen molar-refractivity contribution in [1.82, 2.24) is 9.88 Å². The third kappa shape index (κ3) is 5.95. The first-order chi connectivity index (χ1) is 15.8. The van der Waals surface area contributed by atoms with Crippen LogP contribution in [0.5, 0.6) is 5.75 Å². The average Bonchev–Trinajstić information content (AvgIpc) is 3.21. The van der Waals surface area contributed by atoms with E-state index in [2.05, 4.69) is 10.3 Å². The number of anilines is 1. The summed E-state index contributed by atoms with van der Waals surface area (Å²) >= 11 is 1.34. The molecule has 0 bridgehead atoms. The topological polar surface area (TPSA) is 115 Å². The number of primary amides is 1. The molecule has 0 radical (unpaired) electrons. The highest BCUT2D eigenvalue weighted by Crippen LogP contribution is 2.30. The summed E-state index contributed by atoms with van der Waals surface area (Å²) in [5, 5.41) is 3.52. The van der Waals surface area contributed by atoms with Crippen LogP contribution in [0.25, 0.3) is 10.6 Å². The minimum Gasteiger partial charge on any atom is -0.497 e. The van der Waals surface area contributed by atoms with Crippen molar-refractivity contribution in [3.8, 4) is 16.3 Å². The largest absolute Gasteiger partial charge is 0.497 e. The summed E-state index contributed by atoms with van der Waals surface area (Å²) in [5.74, 6) is -0.153. The highest BCUT2D eigenvalue weighted by molar-refractivity contribution is 7.17. The molecule has 0 aliphatic carbocycles. The molecule has 0 saturated carbocycles. The first-order valence-electron chi connectivity index (χ1n) is 10.4. The maximum Gasteiger partial charge on any atom is 0.265 e. The molecule has 3 rings (SSSR count). The number of rotatable bonds is 9. The van der Waals surface area contributed by atoms with Gasteiger partial charge in [0.15, 0.2) is 0 Å². The average molecular weight is 467 g/mol. The maximum absolute atomic E-state index is 13.1. The summed E-state index contributed by atoms with van der Waals surface area (Å²) in [6.07, 6.45) is 0.139. The molecule has 3 amide bonds. The number of benzene rings is 2. The van der Waals surface area contributed by atoms with E-state index in [9.17, 15) is 14.4 Å². The molecule has 172 valence electrons. The SMILES string of the molecule is CCN(CCC(=O)Nc1ccc(C(N)=O)cc1)C(=O)c1sc(-c2ccc(OC)cc2)nc1C. The minimum absolute atomic E-state index is 0.139. The lowest BCUT2D eigenvalue weighted by molar-refractivity contribution is -0.116. The molecule has 1 heterocycles. The van der Waals surface area contributed by atoms with Gasteiger partial charge in [-0.1, -0.05) is 0 Å². The molecular weight excluding hydrogens is 440 g/mol. The Hall–Kier alpha value is -3.72. The second kappa shape index (κ2) is 10.7. The molecule has 8 nitrogen and oxygen atoms in total. The van der Waals surface area contributed by atoms with Crippen LogP contribution in [-0.2, 0) is 4.79 Å². The number of nitrogens with zero attached hydrogens (tertiary/aromatic N) is 2. The van der Waals surface area contributed by atoms with Crippen LogP contribution in [0.3, 0.4) is 0 Å². The van der Waals surface area contributed by atoms with Crippen molar-refractivity contribution in [1.29, 1.82) is 0 Å². The number of amides is 3. The van der Waals surface area contributed by atoms with E-state index in [1.165, 1.54) is 11.3 Å². The zero-order valence-electron chi connectivity index (χ0n) is 18.8. The number of aryl methyl sites for hydroxylation is 1. The van der Waals surface area contributed by atoms with E-state index >= 15 is 0 Å². The van der Waals surface area contributed by atoms with E-state index in [1.807, 2.05) is 38.1 Å². The third-order valence-electron chi connectivity index (χ3n) is 5.06. The fourth-order valence-corrected chi connectivity index (χ4v) is 4.22. The number of hydrogen-bond donors (Lipinski definition) is 2. The summed E-state index contributed by atoms with van der Waals surface area (Å²) in [7, 11) is 1.61. The highest BCUT2D eigenvalue weighted by atomic mass is 32.1. The van der Waals surface area contributed by atoms with Gasteiger partial charge in [-0.05, 0) is 62.4 Å². The molecule has 0 unspecified atom stereocenters. The zero-order valence-corrected chi connectivity index (χ0v) is 19.6. The minimum atomic E-state index is -0.529. The molecule has 0 aliphatic rings. The molecule has 3 N–H and O–H groups in total. The van der Waals surface area contributed by atoms with Gasteiger partial charge in [0.05, 0.1) is 12.8 Å². The molecule has 1 aromatic heterocycles. The Labute approximate surface area is 196 Å². The maximum atomic E-state index is 13.1. The molecular formula is C24H26N4O4S. The van der Waals surface area contributed by atoms with Gasteiger partial charge < -0.3 is 20.7 Å². The summed E-state index contributed by atoms with van der Waals surface area (Å²) in [6.45, 7) is 4.43. The molecule has 33 heavy (non-hydrogen) atoms. The van der Waals surface area contributed by atoms with Gasteiger partial charge in [-0.25, -0.2) is 4.98 Å². The van der Waals surface area contributed by atoms with E-state index in [0.29, 0.717) is 28.4 Å². The van der Waals surface area contributed by atoms with Gasteiger partial charge >= 0.3 is 0 Å². The molecule has 0 atom stereocenters. The second-order valence-electron chi connectivity index (χ2n) is 7.29. The van der Waals surface area contributed by atoms with E-state index in [4.69, 9.17) is 10.5 Å². The number of aromatic nitrogens is 1. The summed E-state index contributed by atoms with van der Waals surface area (Å²) in [5.41, 5.74) is 7.72. The number of carbonyl (C=O) groups is 3. The Balaban J connectivity index is 1.63. The second-order valence-corrected chi connectivity index (χ2v) is 8.29. The quantitative estimate of drug-likeness (QED) is 0.499. The van der Waals surface area contributed by atoms with Gasteiger partial charge in [0.25, 0.3) is 5.91 Å². The third-order valence-corrected chi connectivity index (χ3v) is 6.25. The van der Waals surface area contributed by atoms with Crippen LogP contribution in [0.4, 0.5) is 5.69 Å². The van der Waals surface area contributed by atoms with Crippen LogP contribution in [0, 0.1) is 6.92 Å². The molecule has 0 saturated heterocycles. The first-order valence-corrected chi connectivity index (χ1v) is 11.2. The lowest BCUT2D eigenvalue weighted by Crippen LogP contribution is -2.33. The van der Waals surface area contributed by atoms with Crippen molar-refractivity contribution < 1.29 is 19.1 Å². The van der Waals surface area contributed by atoms with Gasteiger partial charge in [-0.15, -0.1) is 11.3 Å². The Kier molecular flexibility index (Phi) is 7.78. The Morgan fingerprint density at radius 1 is 1.09 bits per heavy atom. The Morgan fingerprint density at radius 2 is 1.76 bits per heavy atom. The first kappa shape index (κ1) is 23.9. The van der Waals surface area contributed by atoms with E-state index < -0.39 is 5.91 Å². The van der Waals surface area contributed by atoms with Gasteiger partial charge in [-0.2, -0.15) is 0 Å². The van der Waals surface area contributed by atoms with Gasteiger partial charge in [0.1, 0.15) is 15.6 Å². The molecule has 9 heteroatoms. The number of thiazole rings is 1. The normalized spacial score (nSPS) is 10.5. The molecule has 0 spiro atoms. The van der Waals surface area contributed by atoms with Gasteiger partial charge in [0, 0.05) is 36.3 Å². The summed E-state index contributed by atoms with van der Waals surface area (Å²) in [4.78, 5) is 43.4. The predicted molar refractivity (Wildman–Crippen MR) is 129 cm³/mol. The van der Waals surface area contributed by atoms with Gasteiger partial charge in [0.2, 0.25) is 11.8 Å².